The Morgan fingerprint density at radius 1 is 1.26 bits per heavy atom. The minimum atomic E-state index is -0.598. The summed E-state index contributed by atoms with van der Waals surface area (Å²) in [6.45, 7) is 0. The van der Waals surface area contributed by atoms with Crippen LogP contribution < -0.4 is 16.4 Å². The second-order valence-electron chi connectivity index (χ2n) is 8.98. The smallest absolute Gasteiger partial charge is 0.246 e. The Labute approximate surface area is 205 Å². The van der Waals surface area contributed by atoms with E-state index in [-0.39, 0.29) is 40.2 Å². The van der Waals surface area contributed by atoms with Gasteiger partial charge in [-0.2, -0.15) is 5.10 Å². The number of rotatable bonds is 5. The number of nitrogens with one attached hydrogen (secondary N) is 3. The fourth-order valence-electron chi connectivity index (χ4n) is 4.80. The molecule has 2 aromatic heterocycles. The van der Waals surface area contributed by atoms with E-state index >= 15 is 0 Å². The number of anilines is 1. The number of nitrogens with zero attached hydrogens (tertiary/aromatic N) is 4. The number of amides is 1. The molecule has 12 heteroatoms. The molecule has 3 heterocycles. The van der Waals surface area contributed by atoms with Crippen LogP contribution in [-0.2, 0) is 4.79 Å². The first-order valence-electron chi connectivity index (χ1n) is 11.4. The highest BCUT2D eigenvalue weighted by Crippen LogP contribution is 2.32. The molecule has 4 atom stereocenters. The Morgan fingerprint density at radius 2 is 2.06 bits per heavy atom. The van der Waals surface area contributed by atoms with Gasteiger partial charge in [-0.05, 0) is 37.8 Å². The Hall–Kier alpha value is -3.31. The molecule has 1 aromatic carbocycles. The first kappa shape index (κ1) is 23.4. The van der Waals surface area contributed by atoms with Gasteiger partial charge in [-0.3, -0.25) is 9.80 Å². The van der Waals surface area contributed by atoms with Crippen molar-refractivity contribution in [2.75, 3.05) is 12.4 Å². The summed E-state index contributed by atoms with van der Waals surface area (Å²) in [5.41, 5.74) is 6.76. The number of fused-ring (bicyclic) bond motifs is 1. The van der Waals surface area contributed by atoms with Crippen LogP contribution in [0.25, 0.3) is 22.3 Å². The van der Waals surface area contributed by atoms with Crippen LogP contribution >= 0.6 is 11.6 Å². The zero-order chi connectivity index (χ0) is 24.7. The van der Waals surface area contributed by atoms with Crippen molar-refractivity contribution < 1.29 is 13.6 Å². The van der Waals surface area contributed by atoms with Crippen molar-refractivity contribution >= 4 is 40.4 Å². The largest absolute Gasteiger partial charge is 0.365 e. The van der Waals surface area contributed by atoms with Crippen LogP contribution in [-0.4, -0.2) is 63.3 Å². The van der Waals surface area contributed by atoms with E-state index in [1.165, 1.54) is 6.07 Å². The number of carbonyl (C=O) groups is 1. The molecule has 3 aromatic rings. The molecule has 1 aliphatic carbocycles. The van der Waals surface area contributed by atoms with E-state index in [2.05, 4.69) is 30.7 Å². The van der Waals surface area contributed by atoms with Gasteiger partial charge in [0.05, 0.1) is 17.8 Å². The van der Waals surface area contributed by atoms with E-state index in [1.807, 2.05) is 0 Å². The second kappa shape index (κ2) is 9.38. The molecule has 2 aliphatic rings. The summed E-state index contributed by atoms with van der Waals surface area (Å²) < 4.78 is 28.8. The number of carbonyl (C=O) groups excluding carboxylic acids is 1. The highest BCUT2D eigenvalue weighted by Gasteiger charge is 2.34. The van der Waals surface area contributed by atoms with Gasteiger partial charge in [0.1, 0.15) is 11.9 Å². The van der Waals surface area contributed by atoms with Crippen molar-refractivity contribution in [2.45, 2.75) is 49.9 Å². The third-order valence-corrected chi connectivity index (χ3v) is 6.73. The maximum atomic E-state index is 14.6. The van der Waals surface area contributed by atoms with Crippen molar-refractivity contribution in [1.29, 1.82) is 0 Å². The van der Waals surface area contributed by atoms with Gasteiger partial charge < -0.3 is 21.4 Å². The normalized spacial score (nSPS) is 24.2. The molecule has 0 bridgehead atoms. The molecule has 35 heavy (non-hydrogen) atoms. The molecule has 1 amide bonds. The second-order valence-corrected chi connectivity index (χ2v) is 9.41. The number of halogens is 3. The molecule has 1 saturated carbocycles. The Bertz CT molecular complexity index is 1290. The van der Waals surface area contributed by atoms with Crippen molar-refractivity contribution in [1.82, 2.24) is 25.3 Å². The number of hydrogen-bond acceptors (Lipinski definition) is 7. The zero-order valence-electron chi connectivity index (χ0n) is 18.9. The van der Waals surface area contributed by atoms with E-state index in [0.29, 0.717) is 17.4 Å². The number of nitrogens with two attached hydrogens (primary N) is 1. The molecule has 184 valence electrons. The summed E-state index contributed by atoms with van der Waals surface area (Å²) in [4.78, 5) is 24.1. The quantitative estimate of drug-likeness (QED) is 0.425. The topological polar surface area (TPSA) is 124 Å². The van der Waals surface area contributed by atoms with E-state index in [4.69, 9.17) is 17.3 Å². The Kier molecular flexibility index (Phi) is 6.28. The number of likely N-dealkylation sites (N-methyl/N-ethyl adjacent to an activating group) is 1. The molecule has 2 unspecified atom stereocenters. The van der Waals surface area contributed by atoms with Crippen molar-refractivity contribution in [2.24, 2.45) is 10.8 Å². The molecule has 5 rings (SSSR count). The molecular weight excluding hydrogens is 478 g/mol. The molecule has 5 N–H and O–H groups in total. The highest BCUT2D eigenvalue weighted by atomic mass is 35.5. The van der Waals surface area contributed by atoms with Gasteiger partial charge in [0.2, 0.25) is 5.91 Å². The van der Waals surface area contributed by atoms with Gasteiger partial charge in [0.15, 0.2) is 17.5 Å². The van der Waals surface area contributed by atoms with Gasteiger partial charge >= 0.3 is 0 Å². The number of H-pyrrole nitrogens is 1. The summed E-state index contributed by atoms with van der Waals surface area (Å²) in [6.07, 6.45) is 7.28. The molecule has 1 fully saturated rings. The third kappa shape index (κ3) is 4.65. The lowest BCUT2D eigenvalue weighted by Crippen LogP contribution is -2.54. The van der Waals surface area contributed by atoms with Gasteiger partial charge in [0, 0.05) is 47.5 Å². The zero-order valence-corrected chi connectivity index (χ0v) is 19.7. The van der Waals surface area contributed by atoms with E-state index in [1.54, 1.807) is 30.5 Å². The fraction of sp³-hybridized carbons (Fsp3) is 0.391. The molecule has 0 spiro atoms. The average Bonchev–Trinajstić information content (AvgIpc) is 3.38. The van der Waals surface area contributed by atoms with E-state index in [0.717, 1.165) is 25.5 Å². The van der Waals surface area contributed by atoms with Crippen LogP contribution in [0.5, 0.6) is 0 Å². The standard InChI is InChI=1S/C23H25ClF2N8O/c1-34-20(18(27)10-30-34)23(35)32-13-4-2-3-12(7-13)31-22-17(26)9-29-21(33-22)15-8-28-19-14(15)5-11(24)6-16(19)25/h5-6,8-10,12-13,18,20,28H,2-4,7,27H2,1H3,(H,32,35)(H,29,31,33)/t12-,13?,18?,20+/m0/s1. The first-order chi connectivity index (χ1) is 16.8. The first-order valence-corrected chi connectivity index (χ1v) is 11.8. The van der Waals surface area contributed by atoms with Crippen LogP contribution in [0, 0.1) is 11.6 Å². The summed E-state index contributed by atoms with van der Waals surface area (Å²) in [5.74, 6) is -0.982. The third-order valence-electron chi connectivity index (χ3n) is 6.51. The van der Waals surface area contributed by atoms with Gasteiger partial charge in [-0.1, -0.05) is 11.6 Å². The number of aromatic nitrogens is 3. The van der Waals surface area contributed by atoms with Crippen LogP contribution in [0.1, 0.15) is 25.7 Å². The number of benzene rings is 1. The minimum Gasteiger partial charge on any atom is -0.365 e. The lowest BCUT2D eigenvalue weighted by Gasteiger charge is -2.32. The number of hydrogen-bond donors (Lipinski definition) is 4. The maximum Gasteiger partial charge on any atom is 0.246 e. The fourth-order valence-corrected chi connectivity index (χ4v) is 5.00. The highest BCUT2D eigenvalue weighted by molar-refractivity contribution is 6.31. The van der Waals surface area contributed by atoms with Crippen LogP contribution in [0.4, 0.5) is 14.6 Å². The summed E-state index contributed by atoms with van der Waals surface area (Å²) >= 11 is 6.02. The van der Waals surface area contributed by atoms with Crippen LogP contribution in [0.3, 0.4) is 0 Å². The summed E-state index contributed by atoms with van der Waals surface area (Å²) in [7, 11) is 1.71. The minimum absolute atomic E-state index is 0.0507. The molecule has 9 nitrogen and oxygen atoms in total. The summed E-state index contributed by atoms with van der Waals surface area (Å²) in [5, 5.41) is 12.6. The predicted molar refractivity (Wildman–Crippen MR) is 130 cm³/mol. The molecular formula is C23H25ClF2N8O. The van der Waals surface area contributed by atoms with Crippen molar-refractivity contribution in [3.63, 3.8) is 0 Å². The molecule has 0 radical (unpaired) electrons. The van der Waals surface area contributed by atoms with Crippen molar-refractivity contribution in [3.8, 4) is 11.4 Å². The van der Waals surface area contributed by atoms with Gasteiger partial charge in [-0.25, -0.2) is 18.7 Å². The van der Waals surface area contributed by atoms with Crippen molar-refractivity contribution in [3.05, 3.63) is 41.2 Å². The average molecular weight is 503 g/mol. The lowest BCUT2D eigenvalue weighted by molar-refractivity contribution is -0.126. The predicted octanol–water partition coefficient (Wildman–Crippen LogP) is 3.02. The lowest BCUT2D eigenvalue weighted by atomic mass is 9.90. The maximum absolute atomic E-state index is 14.6. The Balaban J connectivity index is 1.31. The number of hydrazone groups is 1. The Morgan fingerprint density at radius 3 is 2.83 bits per heavy atom. The summed E-state index contributed by atoms with van der Waals surface area (Å²) in [6, 6.07) is 1.63. The molecule has 0 saturated heterocycles. The SMILES string of the molecule is CN1N=CC(N)[C@@H]1C(=O)NC1CCC[C@H](Nc2nc(-c3c[nH]c4c(F)cc(Cl)cc34)ncc2F)C1. The van der Waals surface area contributed by atoms with Crippen LogP contribution in [0.15, 0.2) is 29.6 Å². The van der Waals surface area contributed by atoms with Gasteiger partial charge in [-0.15, -0.1) is 0 Å². The van der Waals surface area contributed by atoms with E-state index in [9.17, 15) is 13.6 Å². The molecule has 1 aliphatic heterocycles. The van der Waals surface area contributed by atoms with E-state index < -0.39 is 23.7 Å². The monoisotopic (exact) mass is 502 g/mol. The van der Waals surface area contributed by atoms with Gasteiger partial charge in [0.25, 0.3) is 0 Å². The number of aromatic amines is 1. The van der Waals surface area contributed by atoms with Crippen LogP contribution in [0.2, 0.25) is 5.02 Å².